The van der Waals surface area contributed by atoms with Crippen molar-refractivity contribution in [2.75, 3.05) is 0 Å². The van der Waals surface area contributed by atoms with Gasteiger partial charge in [0, 0.05) is 6.92 Å². The number of sulfone groups is 2. The third kappa shape index (κ3) is 4.29. The Bertz CT molecular complexity index is 1310. The summed E-state index contributed by atoms with van der Waals surface area (Å²) in [5, 5.41) is 0. The predicted octanol–water partition coefficient (Wildman–Crippen LogP) is 3.89. The highest BCUT2D eigenvalue weighted by molar-refractivity contribution is 7.92. The molecule has 0 bridgehead atoms. The fraction of sp³-hybridized carbons (Fsp3) is 0.136. The topological polar surface area (TPSA) is 94.6 Å². The van der Waals surface area contributed by atoms with E-state index in [0.29, 0.717) is 0 Å². The van der Waals surface area contributed by atoms with E-state index >= 15 is 0 Å². The van der Waals surface area contributed by atoms with Crippen molar-refractivity contribution in [3.8, 4) is 5.75 Å². The summed E-state index contributed by atoms with van der Waals surface area (Å²) in [6, 6.07) is 15.8. The molecule has 156 valence electrons. The van der Waals surface area contributed by atoms with Crippen molar-refractivity contribution in [2.45, 2.75) is 40.4 Å². The van der Waals surface area contributed by atoms with Gasteiger partial charge >= 0.3 is 5.97 Å². The van der Waals surface area contributed by atoms with Crippen molar-refractivity contribution >= 4 is 25.6 Å². The molecule has 3 aromatic carbocycles. The summed E-state index contributed by atoms with van der Waals surface area (Å²) < 4.78 is 57.6. The van der Waals surface area contributed by atoms with Crippen molar-refractivity contribution in [3.05, 3.63) is 77.9 Å². The number of benzene rings is 3. The average Bonchev–Trinajstić information content (AvgIpc) is 2.68. The first-order valence-corrected chi connectivity index (χ1v) is 11.9. The molecule has 0 amide bonds. The lowest BCUT2D eigenvalue weighted by Crippen LogP contribution is -2.11. The van der Waals surface area contributed by atoms with E-state index in [1.807, 2.05) is 13.8 Å². The molecule has 0 saturated carbocycles. The van der Waals surface area contributed by atoms with Gasteiger partial charge in [0.1, 0.15) is 10.6 Å². The molecular weight excluding hydrogens is 424 g/mol. The average molecular weight is 445 g/mol. The van der Waals surface area contributed by atoms with Crippen molar-refractivity contribution in [1.82, 2.24) is 0 Å². The van der Waals surface area contributed by atoms with Crippen molar-refractivity contribution < 1.29 is 26.4 Å². The Kier molecular flexibility index (Phi) is 5.83. The first kappa shape index (κ1) is 21.7. The van der Waals surface area contributed by atoms with Gasteiger partial charge in [-0.05, 0) is 56.3 Å². The van der Waals surface area contributed by atoms with Crippen LogP contribution in [0.4, 0.5) is 0 Å². The molecular formula is C22H20O6S2. The molecule has 0 aromatic heterocycles. The first-order chi connectivity index (χ1) is 14.0. The smallest absolute Gasteiger partial charge is 0.308 e. The summed E-state index contributed by atoms with van der Waals surface area (Å²) in [4.78, 5) is 10.9. The number of carbonyl (C=O) groups is 1. The number of carbonyl (C=O) groups excluding carboxylic acids is 1. The molecule has 0 aliphatic carbocycles. The van der Waals surface area contributed by atoms with E-state index < -0.39 is 30.5 Å². The van der Waals surface area contributed by atoms with Gasteiger partial charge < -0.3 is 4.74 Å². The lowest BCUT2D eigenvalue weighted by molar-refractivity contribution is -0.132. The quantitative estimate of drug-likeness (QED) is 0.438. The number of hydrogen-bond acceptors (Lipinski definition) is 6. The third-order valence-electron chi connectivity index (χ3n) is 4.43. The molecule has 3 aromatic rings. The molecule has 6 nitrogen and oxygen atoms in total. The Labute approximate surface area is 176 Å². The van der Waals surface area contributed by atoms with Crippen LogP contribution in [0.5, 0.6) is 5.75 Å². The van der Waals surface area contributed by atoms with Gasteiger partial charge in [-0.25, -0.2) is 16.8 Å². The summed E-state index contributed by atoms with van der Waals surface area (Å²) in [6.45, 7) is 4.78. The van der Waals surface area contributed by atoms with E-state index in [9.17, 15) is 21.6 Å². The second-order valence-electron chi connectivity index (χ2n) is 6.84. The number of aryl methyl sites for hydroxylation is 2. The molecule has 0 N–H and O–H groups in total. The standard InChI is InChI=1S/C22H20O6S2/c1-15-4-8-18(9-5-15)29(24,25)20-12-13-21(28-17(3)23)22(14-20)30(26,27)19-10-6-16(2)7-11-19/h4-14H,1-3H3. The molecule has 0 aliphatic heterocycles. The van der Waals surface area contributed by atoms with Gasteiger partial charge in [-0.1, -0.05) is 35.4 Å². The molecule has 8 heteroatoms. The van der Waals surface area contributed by atoms with Gasteiger partial charge in [0.25, 0.3) is 0 Å². The Morgan fingerprint density at radius 1 is 0.667 bits per heavy atom. The van der Waals surface area contributed by atoms with Crippen LogP contribution < -0.4 is 4.74 Å². The highest BCUT2D eigenvalue weighted by atomic mass is 32.2. The maximum absolute atomic E-state index is 13.2. The summed E-state index contributed by atoms with van der Waals surface area (Å²) in [5.74, 6) is -0.949. The van der Waals surface area contributed by atoms with Gasteiger partial charge in [0.05, 0.1) is 14.7 Å². The Hall–Kier alpha value is -2.97. The molecule has 0 spiro atoms. The third-order valence-corrected chi connectivity index (χ3v) is 7.99. The van der Waals surface area contributed by atoms with Crippen LogP contribution in [0.1, 0.15) is 18.1 Å². The van der Waals surface area contributed by atoms with Crippen LogP contribution in [0, 0.1) is 13.8 Å². The molecule has 0 fully saturated rings. The Balaban J connectivity index is 2.21. The van der Waals surface area contributed by atoms with Crippen LogP contribution in [0.2, 0.25) is 0 Å². The van der Waals surface area contributed by atoms with Crippen LogP contribution in [0.3, 0.4) is 0 Å². The van der Waals surface area contributed by atoms with Gasteiger partial charge in [0.2, 0.25) is 19.7 Å². The van der Waals surface area contributed by atoms with Crippen LogP contribution in [-0.2, 0) is 24.5 Å². The minimum Gasteiger partial charge on any atom is -0.425 e. The molecule has 0 radical (unpaired) electrons. The Morgan fingerprint density at radius 2 is 1.10 bits per heavy atom. The van der Waals surface area contributed by atoms with Gasteiger partial charge in [0.15, 0.2) is 0 Å². The molecule has 3 rings (SSSR count). The lowest BCUT2D eigenvalue weighted by Gasteiger charge is -2.13. The maximum Gasteiger partial charge on any atom is 0.308 e. The summed E-state index contributed by atoms with van der Waals surface area (Å²) >= 11 is 0. The van der Waals surface area contributed by atoms with Crippen molar-refractivity contribution in [1.29, 1.82) is 0 Å². The molecule has 0 heterocycles. The minimum atomic E-state index is -4.15. The highest BCUT2D eigenvalue weighted by Gasteiger charge is 2.27. The van der Waals surface area contributed by atoms with E-state index in [-0.39, 0.29) is 20.4 Å². The highest BCUT2D eigenvalue weighted by Crippen LogP contribution is 2.33. The van der Waals surface area contributed by atoms with E-state index in [2.05, 4.69) is 0 Å². The largest absolute Gasteiger partial charge is 0.425 e. The van der Waals surface area contributed by atoms with Gasteiger partial charge in [-0.3, -0.25) is 4.79 Å². The molecule has 30 heavy (non-hydrogen) atoms. The fourth-order valence-corrected chi connectivity index (χ4v) is 5.57. The maximum atomic E-state index is 13.2. The fourth-order valence-electron chi connectivity index (χ4n) is 2.80. The van der Waals surface area contributed by atoms with Crippen LogP contribution >= 0.6 is 0 Å². The summed E-state index contributed by atoms with van der Waals surface area (Å²) in [7, 11) is -8.12. The molecule has 0 saturated heterocycles. The number of rotatable bonds is 5. The van der Waals surface area contributed by atoms with E-state index in [1.165, 1.54) is 36.4 Å². The van der Waals surface area contributed by atoms with Crippen LogP contribution in [-0.4, -0.2) is 22.8 Å². The SMILES string of the molecule is CC(=O)Oc1ccc(S(=O)(=O)c2ccc(C)cc2)cc1S(=O)(=O)c1ccc(C)cc1. The number of hydrogen-bond donors (Lipinski definition) is 0. The first-order valence-electron chi connectivity index (χ1n) is 8.98. The van der Waals surface area contributed by atoms with Gasteiger partial charge in [-0.2, -0.15) is 0 Å². The predicted molar refractivity (Wildman–Crippen MR) is 111 cm³/mol. The van der Waals surface area contributed by atoms with Gasteiger partial charge in [-0.15, -0.1) is 0 Å². The van der Waals surface area contributed by atoms with Crippen LogP contribution in [0.15, 0.2) is 86.3 Å². The number of ether oxygens (including phenoxy) is 1. The number of esters is 1. The van der Waals surface area contributed by atoms with Crippen molar-refractivity contribution in [3.63, 3.8) is 0 Å². The molecule has 0 unspecified atom stereocenters. The lowest BCUT2D eigenvalue weighted by atomic mass is 10.2. The molecule has 0 aliphatic rings. The normalized spacial score (nSPS) is 11.8. The van der Waals surface area contributed by atoms with E-state index in [0.717, 1.165) is 24.1 Å². The monoisotopic (exact) mass is 444 g/mol. The van der Waals surface area contributed by atoms with Crippen LogP contribution in [0.25, 0.3) is 0 Å². The zero-order valence-corrected chi connectivity index (χ0v) is 18.2. The van der Waals surface area contributed by atoms with E-state index in [4.69, 9.17) is 4.74 Å². The van der Waals surface area contributed by atoms with Crippen molar-refractivity contribution in [2.24, 2.45) is 0 Å². The zero-order valence-electron chi connectivity index (χ0n) is 16.6. The summed E-state index contributed by atoms with van der Waals surface area (Å²) in [5.41, 5.74) is 1.76. The summed E-state index contributed by atoms with van der Waals surface area (Å²) in [6.07, 6.45) is 0. The molecule has 0 atom stereocenters. The second-order valence-corrected chi connectivity index (χ2v) is 10.7. The zero-order chi connectivity index (χ0) is 22.1. The van der Waals surface area contributed by atoms with E-state index in [1.54, 1.807) is 24.3 Å². The Morgan fingerprint density at radius 3 is 1.57 bits per heavy atom. The second kappa shape index (κ2) is 8.04. The minimum absolute atomic E-state index is 0.0343.